The second kappa shape index (κ2) is 6.17. The number of sulfonamides is 1. The van der Waals surface area contributed by atoms with Crippen LogP contribution in [0.3, 0.4) is 0 Å². The van der Waals surface area contributed by atoms with Crippen molar-refractivity contribution in [3.63, 3.8) is 0 Å². The van der Waals surface area contributed by atoms with Crippen LogP contribution < -0.4 is 4.72 Å². The number of aryl methyl sites for hydroxylation is 3. The molecule has 0 aromatic carbocycles. The summed E-state index contributed by atoms with van der Waals surface area (Å²) in [5.74, 6) is 0.259. The molecule has 3 aromatic rings. The van der Waals surface area contributed by atoms with Gasteiger partial charge < -0.3 is 4.52 Å². The topological polar surface area (TPSA) is 103 Å². The molecule has 0 unspecified atom stereocenters. The summed E-state index contributed by atoms with van der Waals surface area (Å²) in [6.45, 7) is 3.21. The largest absolute Gasteiger partial charge is 0.360 e. The summed E-state index contributed by atoms with van der Waals surface area (Å²) in [6, 6.07) is 7.39. The highest BCUT2D eigenvalue weighted by Crippen LogP contribution is 2.20. The van der Waals surface area contributed by atoms with Crippen molar-refractivity contribution >= 4 is 10.0 Å². The Morgan fingerprint density at radius 2 is 2.08 bits per heavy atom. The molecule has 3 rings (SSSR count). The van der Waals surface area contributed by atoms with E-state index >= 15 is 0 Å². The minimum atomic E-state index is -3.72. The molecule has 3 aromatic heterocycles. The summed E-state index contributed by atoms with van der Waals surface area (Å²) in [4.78, 5) is 4.35. The van der Waals surface area contributed by atoms with Crippen molar-refractivity contribution < 1.29 is 12.9 Å². The summed E-state index contributed by atoms with van der Waals surface area (Å²) in [7, 11) is -1.93. The van der Waals surface area contributed by atoms with Crippen LogP contribution in [0.4, 0.5) is 0 Å². The fraction of sp³-hybridized carbons (Fsp3) is 0.267. The maximum absolute atomic E-state index is 12.4. The van der Waals surface area contributed by atoms with Crippen molar-refractivity contribution in [3.8, 4) is 11.4 Å². The summed E-state index contributed by atoms with van der Waals surface area (Å²) < 4.78 is 33.9. The van der Waals surface area contributed by atoms with E-state index in [1.54, 1.807) is 37.8 Å². The van der Waals surface area contributed by atoms with Gasteiger partial charge in [0.2, 0.25) is 10.0 Å². The third-order valence-corrected chi connectivity index (χ3v) is 5.18. The van der Waals surface area contributed by atoms with Gasteiger partial charge in [-0.3, -0.25) is 9.67 Å². The molecule has 0 aliphatic carbocycles. The lowest BCUT2D eigenvalue weighted by atomic mass is 10.2. The highest BCUT2D eigenvalue weighted by Gasteiger charge is 2.24. The molecule has 126 valence electrons. The minimum absolute atomic E-state index is 0.0626. The zero-order chi connectivity index (χ0) is 17.3. The molecule has 3 heterocycles. The van der Waals surface area contributed by atoms with E-state index in [2.05, 4.69) is 20.0 Å². The first kappa shape index (κ1) is 16.3. The van der Waals surface area contributed by atoms with Gasteiger partial charge in [-0.2, -0.15) is 5.10 Å². The van der Waals surface area contributed by atoms with Crippen LogP contribution in [0.2, 0.25) is 0 Å². The molecule has 0 saturated heterocycles. The van der Waals surface area contributed by atoms with Gasteiger partial charge in [0.1, 0.15) is 10.6 Å². The third kappa shape index (κ3) is 3.08. The van der Waals surface area contributed by atoms with Gasteiger partial charge >= 0.3 is 0 Å². The fourth-order valence-electron chi connectivity index (χ4n) is 2.47. The second-order valence-corrected chi connectivity index (χ2v) is 7.04. The number of aromatic nitrogens is 4. The number of hydrogen-bond donors (Lipinski definition) is 1. The van der Waals surface area contributed by atoms with Gasteiger partial charge in [0.15, 0.2) is 5.76 Å². The second-order valence-electron chi connectivity index (χ2n) is 5.34. The van der Waals surface area contributed by atoms with E-state index in [0.29, 0.717) is 11.4 Å². The number of nitrogens with zero attached hydrogens (tertiary/aromatic N) is 4. The summed E-state index contributed by atoms with van der Waals surface area (Å²) in [5, 5.41) is 8.00. The first-order valence-corrected chi connectivity index (χ1v) is 8.73. The number of nitrogens with one attached hydrogen (secondary N) is 1. The van der Waals surface area contributed by atoms with Crippen molar-refractivity contribution in [1.29, 1.82) is 0 Å². The number of pyridine rings is 1. The number of rotatable bonds is 5. The quantitative estimate of drug-likeness (QED) is 0.751. The Balaban J connectivity index is 1.81. The molecule has 0 fully saturated rings. The molecular weight excluding hydrogens is 330 g/mol. The molecule has 8 nitrogen and oxygen atoms in total. The van der Waals surface area contributed by atoms with Crippen molar-refractivity contribution in [3.05, 3.63) is 47.6 Å². The van der Waals surface area contributed by atoms with Gasteiger partial charge in [0, 0.05) is 13.2 Å². The van der Waals surface area contributed by atoms with E-state index < -0.39 is 10.0 Å². The summed E-state index contributed by atoms with van der Waals surface area (Å²) in [5.41, 5.74) is 2.50. The van der Waals surface area contributed by atoms with E-state index in [9.17, 15) is 8.42 Å². The van der Waals surface area contributed by atoms with Crippen molar-refractivity contribution in [2.75, 3.05) is 0 Å². The van der Waals surface area contributed by atoms with Crippen LogP contribution in [0.1, 0.15) is 17.1 Å². The summed E-state index contributed by atoms with van der Waals surface area (Å²) in [6.07, 6.45) is 1.70. The monoisotopic (exact) mass is 347 g/mol. The van der Waals surface area contributed by atoms with E-state index in [1.165, 1.54) is 0 Å². The predicted molar refractivity (Wildman–Crippen MR) is 86.4 cm³/mol. The van der Waals surface area contributed by atoms with Gasteiger partial charge in [0.05, 0.1) is 23.6 Å². The molecule has 0 amide bonds. The maximum atomic E-state index is 12.4. The Morgan fingerprint density at radius 1 is 1.29 bits per heavy atom. The molecular formula is C15H17N5O3S. The molecule has 24 heavy (non-hydrogen) atoms. The summed E-state index contributed by atoms with van der Waals surface area (Å²) >= 11 is 0. The molecule has 0 spiro atoms. The van der Waals surface area contributed by atoms with Crippen molar-refractivity contribution in [2.45, 2.75) is 25.3 Å². The van der Waals surface area contributed by atoms with Crippen LogP contribution >= 0.6 is 0 Å². The molecule has 0 bridgehead atoms. The zero-order valence-electron chi connectivity index (χ0n) is 13.5. The van der Waals surface area contributed by atoms with Crippen LogP contribution in [-0.2, 0) is 23.6 Å². The van der Waals surface area contributed by atoms with Crippen LogP contribution in [0.15, 0.2) is 39.9 Å². The van der Waals surface area contributed by atoms with E-state index in [0.717, 1.165) is 11.4 Å². The van der Waals surface area contributed by atoms with Gasteiger partial charge in [-0.25, -0.2) is 13.1 Å². The normalized spacial score (nSPS) is 11.8. The minimum Gasteiger partial charge on any atom is -0.360 e. The zero-order valence-corrected chi connectivity index (χ0v) is 14.3. The van der Waals surface area contributed by atoms with Crippen LogP contribution in [0, 0.1) is 13.8 Å². The van der Waals surface area contributed by atoms with Gasteiger partial charge in [-0.05, 0) is 32.0 Å². The Morgan fingerprint density at radius 3 is 2.71 bits per heavy atom. The van der Waals surface area contributed by atoms with Crippen LogP contribution in [0.25, 0.3) is 11.4 Å². The van der Waals surface area contributed by atoms with Crippen molar-refractivity contribution in [1.82, 2.24) is 24.6 Å². The molecule has 0 saturated carbocycles. The van der Waals surface area contributed by atoms with Crippen LogP contribution in [-0.4, -0.2) is 28.3 Å². The van der Waals surface area contributed by atoms with E-state index in [4.69, 9.17) is 4.52 Å². The molecule has 0 aliphatic heterocycles. The lowest BCUT2D eigenvalue weighted by Crippen LogP contribution is -2.24. The highest BCUT2D eigenvalue weighted by atomic mass is 32.2. The Hall–Kier alpha value is -2.52. The maximum Gasteiger partial charge on any atom is 0.246 e. The highest BCUT2D eigenvalue weighted by molar-refractivity contribution is 7.89. The SMILES string of the molecule is Cc1noc(C)c1S(=O)(=O)NCc1cc(-c2ccccn2)n(C)n1. The smallest absolute Gasteiger partial charge is 0.246 e. The predicted octanol–water partition coefficient (Wildman–Crippen LogP) is 1.57. The molecule has 0 atom stereocenters. The molecule has 0 aliphatic rings. The van der Waals surface area contributed by atoms with E-state index in [1.807, 2.05) is 18.2 Å². The Labute approximate surface area is 139 Å². The molecule has 0 radical (unpaired) electrons. The molecule has 9 heteroatoms. The van der Waals surface area contributed by atoms with Gasteiger partial charge in [-0.15, -0.1) is 0 Å². The lowest BCUT2D eigenvalue weighted by Gasteiger charge is -2.04. The Bertz CT molecular complexity index is 941. The van der Waals surface area contributed by atoms with Gasteiger partial charge in [0.25, 0.3) is 0 Å². The van der Waals surface area contributed by atoms with Crippen LogP contribution in [0.5, 0.6) is 0 Å². The average Bonchev–Trinajstić information content (AvgIpc) is 3.09. The standard InChI is InChI=1S/C15H17N5O3S/c1-10-15(11(2)23-19-10)24(21,22)17-9-12-8-14(20(3)18-12)13-6-4-5-7-16-13/h4-8,17H,9H2,1-3H3. The van der Waals surface area contributed by atoms with Crippen molar-refractivity contribution in [2.24, 2.45) is 7.05 Å². The third-order valence-electron chi connectivity index (χ3n) is 3.54. The van der Waals surface area contributed by atoms with E-state index in [-0.39, 0.29) is 17.2 Å². The van der Waals surface area contributed by atoms with Gasteiger partial charge in [-0.1, -0.05) is 11.2 Å². The number of hydrogen-bond acceptors (Lipinski definition) is 6. The lowest BCUT2D eigenvalue weighted by molar-refractivity contribution is 0.390. The Kier molecular flexibility index (Phi) is 4.20. The average molecular weight is 347 g/mol. The molecule has 1 N–H and O–H groups in total. The fourth-order valence-corrected chi connectivity index (χ4v) is 3.79. The first-order valence-electron chi connectivity index (χ1n) is 7.25. The first-order chi connectivity index (χ1) is 11.4.